The fraction of sp³-hybridized carbons (Fsp3) is 0.714. The highest BCUT2D eigenvalue weighted by Gasteiger charge is 2.53. The van der Waals surface area contributed by atoms with E-state index in [4.69, 9.17) is 24.2 Å². The van der Waals surface area contributed by atoms with Gasteiger partial charge in [-0.05, 0) is 29.6 Å². The first kappa shape index (κ1) is 23.2. The third-order valence-corrected chi connectivity index (χ3v) is 11.5. The van der Waals surface area contributed by atoms with Crippen LogP contribution in [-0.4, -0.2) is 50.7 Å². The molecule has 2 fully saturated rings. The second-order valence-electron chi connectivity index (χ2n) is 9.41. The number of aliphatic hydroxyl groups is 1. The second-order valence-corrected chi connectivity index (χ2v) is 14.0. The standard InChI is InChI=1S/C21H33N3O5Si/c1-13(2)21(3,4)30(5,6)29-20-16(23-24-22)17(25)18-15(27-20)12-26-19(28-18)14-10-8-7-9-11-14/h7-11,13,15-20,25H,12H2,1-6H3/t15-,16-,17-,18-,19?,20+/m1/s1. The largest absolute Gasteiger partial charge is 0.392 e. The maximum atomic E-state index is 11.0. The van der Waals surface area contributed by atoms with Crippen molar-refractivity contribution in [1.29, 1.82) is 0 Å². The number of ether oxygens (including phenoxy) is 3. The third kappa shape index (κ3) is 4.43. The Balaban J connectivity index is 1.80. The minimum Gasteiger partial charge on any atom is -0.392 e. The maximum Gasteiger partial charge on any atom is 0.196 e. The molecule has 0 radical (unpaired) electrons. The normalized spacial score (nSPS) is 32.4. The van der Waals surface area contributed by atoms with Crippen molar-refractivity contribution in [2.75, 3.05) is 6.61 Å². The van der Waals surface area contributed by atoms with E-state index in [0.717, 1.165) is 5.56 Å². The van der Waals surface area contributed by atoms with Crippen LogP contribution in [0.5, 0.6) is 0 Å². The van der Waals surface area contributed by atoms with Gasteiger partial charge in [0.2, 0.25) is 0 Å². The Morgan fingerprint density at radius 1 is 1.23 bits per heavy atom. The number of hydrogen-bond donors (Lipinski definition) is 1. The van der Waals surface area contributed by atoms with Gasteiger partial charge < -0.3 is 23.7 Å². The van der Waals surface area contributed by atoms with E-state index in [2.05, 4.69) is 50.8 Å². The molecule has 9 heteroatoms. The van der Waals surface area contributed by atoms with Crippen molar-refractivity contribution in [3.8, 4) is 0 Å². The van der Waals surface area contributed by atoms with E-state index in [1.807, 2.05) is 30.3 Å². The number of fused-ring (bicyclic) bond motifs is 1. The number of nitrogens with zero attached hydrogens (tertiary/aromatic N) is 3. The molecule has 166 valence electrons. The molecule has 1 aromatic carbocycles. The van der Waals surface area contributed by atoms with Gasteiger partial charge in [-0.3, -0.25) is 0 Å². The molecule has 0 aromatic heterocycles. The van der Waals surface area contributed by atoms with Gasteiger partial charge in [0.25, 0.3) is 0 Å². The highest BCUT2D eigenvalue weighted by atomic mass is 28.4. The van der Waals surface area contributed by atoms with Gasteiger partial charge in [0, 0.05) is 10.5 Å². The van der Waals surface area contributed by atoms with Crippen molar-refractivity contribution in [2.45, 2.75) is 82.8 Å². The molecule has 2 saturated heterocycles. The molecule has 2 heterocycles. The first-order chi connectivity index (χ1) is 14.1. The zero-order valence-corrected chi connectivity index (χ0v) is 19.6. The van der Waals surface area contributed by atoms with Crippen LogP contribution in [0.15, 0.2) is 35.4 Å². The highest BCUT2D eigenvalue weighted by Crippen LogP contribution is 2.46. The van der Waals surface area contributed by atoms with Crippen LogP contribution in [0.25, 0.3) is 10.4 Å². The monoisotopic (exact) mass is 435 g/mol. The summed E-state index contributed by atoms with van der Waals surface area (Å²) in [5.74, 6) is 0.395. The zero-order valence-electron chi connectivity index (χ0n) is 18.6. The van der Waals surface area contributed by atoms with Gasteiger partial charge in [-0.15, -0.1) is 0 Å². The number of rotatable bonds is 6. The Kier molecular flexibility index (Phi) is 6.93. The molecule has 1 unspecified atom stereocenters. The Bertz CT molecular complexity index is 769. The number of aliphatic hydroxyl groups excluding tert-OH is 1. The Morgan fingerprint density at radius 2 is 1.90 bits per heavy atom. The average molecular weight is 436 g/mol. The molecule has 0 bridgehead atoms. The molecule has 2 aliphatic heterocycles. The highest BCUT2D eigenvalue weighted by molar-refractivity contribution is 6.74. The van der Waals surface area contributed by atoms with E-state index in [9.17, 15) is 5.11 Å². The molecule has 3 rings (SSSR count). The lowest BCUT2D eigenvalue weighted by Gasteiger charge is -2.50. The molecule has 30 heavy (non-hydrogen) atoms. The van der Waals surface area contributed by atoms with E-state index in [1.165, 1.54) is 0 Å². The Labute approximate surface area is 179 Å². The summed E-state index contributed by atoms with van der Waals surface area (Å²) in [6, 6.07) is 8.62. The van der Waals surface area contributed by atoms with Crippen LogP contribution in [-0.2, 0) is 18.6 Å². The molecule has 2 aliphatic rings. The molecule has 0 aliphatic carbocycles. The summed E-state index contributed by atoms with van der Waals surface area (Å²) >= 11 is 0. The predicted molar refractivity (Wildman–Crippen MR) is 115 cm³/mol. The van der Waals surface area contributed by atoms with Crippen LogP contribution in [0.3, 0.4) is 0 Å². The van der Waals surface area contributed by atoms with Crippen LogP contribution < -0.4 is 0 Å². The number of benzene rings is 1. The SMILES string of the molecule is CC(C)C(C)(C)[Si](C)(C)O[C@@H]1O[C@@H]2COC(c3ccccc3)O[C@H]2[C@H](O)[C@H]1N=[N+]=[N-]. The average Bonchev–Trinajstić information content (AvgIpc) is 2.71. The first-order valence-electron chi connectivity index (χ1n) is 10.5. The van der Waals surface area contributed by atoms with Gasteiger partial charge in [0.15, 0.2) is 20.9 Å². The Morgan fingerprint density at radius 3 is 2.50 bits per heavy atom. The lowest BCUT2D eigenvalue weighted by atomic mass is 9.96. The summed E-state index contributed by atoms with van der Waals surface area (Å²) in [6.45, 7) is 13.2. The van der Waals surface area contributed by atoms with Crippen molar-refractivity contribution >= 4 is 8.32 Å². The number of hydrogen-bond acceptors (Lipinski definition) is 6. The van der Waals surface area contributed by atoms with E-state index in [1.54, 1.807) is 0 Å². The molecule has 6 atom stereocenters. The van der Waals surface area contributed by atoms with E-state index >= 15 is 0 Å². The fourth-order valence-corrected chi connectivity index (χ4v) is 6.24. The van der Waals surface area contributed by atoms with Crippen molar-refractivity contribution in [3.63, 3.8) is 0 Å². The topological polar surface area (TPSA) is 106 Å². The smallest absolute Gasteiger partial charge is 0.196 e. The van der Waals surface area contributed by atoms with Crippen molar-refractivity contribution in [1.82, 2.24) is 0 Å². The molecule has 8 nitrogen and oxygen atoms in total. The maximum absolute atomic E-state index is 11.0. The van der Waals surface area contributed by atoms with Crippen LogP contribution in [0.2, 0.25) is 18.1 Å². The lowest BCUT2D eigenvalue weighted by molar-refractivity contribution is -0.333. The lowest BCUT2D eigenvalue weighted by Crippen LogP contribution is -2.63. The minimum absolute atomic E-state index is 0.0585. The van der Waals surface area contributed by atoms with Gasteiger partial charge in [-0.1, -0.05) is 63.1 Å². The molecule has 0 amide bonds. The molecule has 1 aromatic rings. The van der Waals surface area contributed by atoms with E-state index in [0.29, 0.717) is 5.92 Å². The summed E-state index contributed by atoms with van der Waals surface area (Å²) < 4.78 is 24.5. The fourth-order valence-electron chi connectivity index (χ4n) is 3.77. The van der Waals surface area contributed by atoms with Crippen molar-refractivity contribution in [3.05, 3.63) is 46.3 Å². The molecule has 0 spiro atoms. The van der Waals surface area contributed by atoms with E-state index in [-0.39, 0.29) is 11.6 Å². The second kappa shape index (κ2) is 8.96. The molecular formula is C21H33N3O5Si. The third-order valence-electron chi connectivity index (χ3n) is 7.00. The van der Waals surface area contributed by atoms with Crippen LogP contribution in [0.4, 0.5) is 0 Å². The minimum atomic E-state index is -2.31. The van der Waals surface area contributed by atoms with Gasteiger partial charge in [-0.25, -0.2) is 0 Å². The summed E-state index contributed by atoms with van der Waals surface area (Å²) in [7, 11) is -2.31. The van der Waals surface area contributed by atoms with Crippen LogP contribution in [0.1, 0.15) is 39.5 Å². The quantitative estimate of drug-likeness (QED) is 0.306. The number of azide groups is 1. The van der Waals surface area contributed by atoms with Gasteiger partial charge in [0.05, 0.1) is 12.7 Å². The van der Waals surface area contributed by atoms with Crippen molar-refractivity contribution < 1.29 is 23.7 Å². The Hall–Kier alpha value is -1.45. The van der Waals surface area contributed by atoms with Crippen molar-refractivity contribution in [2.24, 2.45) is 11.0 Å². The summed E-state index contributed by atoms with van der Waals surface area (Å²) in [5.41, 5.74) is 9.96. The predicted octanol–water partition coefficient (Wildman–Crippen LogP) is 4.52. The molecule has 0 saturated carbocycles. The zero-order chi connectivity index (χ0) is 22.1. The van der Waals surface area contributed by atoms with Crippen LogP contribution >= 0.6 is 0 Å². The summed E-state index contributed by atoms with van der Waals surface area (Å²) in [4.78, 5) is 2.94. The summed E-state index contributed by atoms with van der Waals surface area (Å²) in [6.07, 6.45) is -3.71. The molecular weight excluding hydrogens is 402 g/mol. The van der Waals surface area contributed by atoms with Gasteiger partial charge in [-0.2, -0.15) is 0 Å². The van der Waals surface area contributed by atoms with Gasteiger partial charge in [0.1, 0.15) is 18.2 Å². The van der Waals surface area contributed by atoms with Crippen LogP contribution in [0, 0.1) is 5.92 Å². The van der Waals surface area contributed by atoms with E-state index < -0.39 is 45.3 Å². The van der Waals surface area contributed by atoms with Gasteiger partial charge >= 0.3 is 0 Å². The first-order valence-corrected chi connectivity index (χ1v) is 13.4. The summed E-state index contributed by atoms with van der Waals surface area (Å²) in [5, 5.41) is 14.8. The molecule has 1 N–H and O–H groups in total.